The van der Waals surface area contributed by atoms with Crippen LogP contribution in [0.1, 0.15) is 32.7 Å². The fourth-order valence-corrected chi connectivity index (χ4v) is 2.74. The topological polar surface area (TPSA) is 57.0 Å². The maximum atomic E-state index is 13.6. The molecule has 0 spiro atoms. The number of aryl methyl sites for hydroxylation is 1. The number of hydrogen-bond donors (Lipinski definition) is 0. The Kier molecular flexibility index (Phi) is 5.58. The summed E-state index contributed by atoms with van der Waals surface area (Å²) in [7, 11) is 0. The third kappa shape index (κ3) is 4.77. The molecular formula is C22H18FN3O. The number of pyridine rings is 1. The second kappa shape index (κ2) is 8.24. The van der Waals surface area contributed by atoms with E-state index in [0.29, 0.717) is 23.2 Å². The van der Waals surface area contributed by atoms with Crippen LogP contribution in [0.2, 0.25) is 0 Å². The van der Waals surface area contributed by atoms with Gasteiger partial charge in [0.25, 0.3) is 5.91 Å². The van der Waals surface area contributed by atoms with Crippen molar-refractivity contribution < 1.29 is 9.18 Å². The van der Waals surface area contributed by atoms with Gasteiger partial charge in [0.1, 0.15) is 5.82 Å². The first-order valence-electron chi connectivity index (χ1n) is 8.50. The molecule has 0 bridgehead atoms. The van der Waals surface area contributed by atoms with Gasteiger partial charge in [0.05, 0.1) is 17.2 Å². The van der Waals surface area contributed by atoms with E-state index < -0.39 is 0 Å². The second-order valence-corrected chi connectivity index (χ2v) is 6.29. The lowest BCUT2D eigenvalue weighted by atomic mass is 10.1. The van der Waals surface area contributed by atoms with Crippen molar-refractivity contribution in [1.29, 1.82) is 5.26 Å². The molecule has 2 aromatic carbocycles. The van der Waals surface area contributed by atoms with Crippen LogP contribution in [0.5, 0.6) is 0 Å². The number of carbonyl (C=O) groups is 1. The zero-order valence-electron chi connectivity index (χ0n) is 14.9. The molecule has 0 saturated carbocycles. The van der Waals surface area contributed by atoms with Crippen molar-refractivity contribution in [3.8, 4) is 6.07 Å². The Labute approximate surface area is 157 Å². The van der Waals surface area contributed by atoms with Crippen LogP contribution < -0.4 is 0 Å². The quantitative estimate of drug-likeness (QED) is 0.684. The zero-order chi connectivity index (χ0) is 19.2. The van der Waals surface area contributed by atoms with E-state index in [9.17, 15) is 9.18 Å². The van der Waals surface area contributed by atoms with Gasteiger partial charge < -0.3 is 4.90 Å². The molecule has 0 unspecified atom stereocenters. The van der Waals surface area contributed by atoms with Crippen LogP contribution in [0.15, 0.2) is 66.9 Å². The summed E-state index contributed by atoms with van der Waals surface area (Å²) in [5.74, 6) is -0.522. The van der Waals surface area contributed by atoms with Crippen molar-refractivity contribution in [2.75, 3.05) is 0 Å². The van der Waals surface area contributed by atoms with Crippen molar-refractivity contribution in [2.24, 2.45) is 0 Å². The van der Waals surface area contributed by atoms with Crippen LogP contribution in [0.4, 0.5) is 4.39 Å². The van der Waals surface area contributed by atoms with Gasteiger partial charge in [-0.2, -0.15) is 5.26 Å². The number of carbonyl (C=O) groups excluding carboxylic acids is 1. The Bertz CT molecular complexity index is 976. The fraction of sp³-hybridized carbons (Fsp3) is 0.136. The molecule has 1 heterocycles. The van der Waals surface area contributed by atoms with E-state index in [1.54, 1.807) is 47.5 Å². The van der Waals surface area contributed by atoms with E-state index in [1.807, 2.05) is 19.1 Å². The van der Waals surface area contributed by atoms with Gasteiger partial charge >= 0.3 is 0 Å². The highest BCUT2D eigenvalue weighted by molar-refractivity contribution is 5.93. The predicted molar refractivity (Wildman–Crippen MR) is 100 cm³/mol. The smallest absolute Gasteiger partial charge is 0.256 e. The van der Waals surface area contributed by atoms with Gasteiger partial charge in [-0.05, 0) is 54.4 Å². The van der Waals surface area contributed by atoms with Crippen LogP contribution in [-0.4, -0.2) is 15.8 Å². The Morgan fingerprint density at radius 1 is 1.07 bits per heavy atom. The van der Waals surface area contributed by atoms with Crippen LogP contribution >= 0.6 is 0 Å². The number of nitrogens with zero attached hydrogens (tertiary/aromatic N) is 3. The van der Waals surface area contributed by atoms with Crippen LogP contribution in [0.3, 0.4) is 0 Å². The van der Waals surface area contributed by atoms with Gasteiger partial charge in [0, 0.05) is 25.0 Å². The highest BCUT2D eigenvalue weighted by atomic mass is 19.1. The summed E-state index contributed by atoms with van der Waals surface area (Å²) in [6.45, 7) is 2.47. The minimum Gasteiger partial charge on any atom is -0.330 e. The summed E-state index contributed by atoms with van der Waals surface area (Å²) < 4.78 is 13.6. The molecule has 0 atom stereocenters. The Hall–Kier alpha value is -3.52. The lowest BCUT2D eigenvalue weighted by Gasteiger charge is -2.23. The van der Waals surface area contributed by atoms with E-state index in [2.05, 4.69) is 11.1 Å². The zero-order valence-corrected chi connectivity index (χ0v) is 14.9. The van der Waals surface area contributed by atoms with Gasteiger partial charge in [-0.3, -0.25) is 9.78 Å². The minimum atomic E-state index is -0.338. The molecule has 134 valence electrons. The van der Waals surface area contributed by atoms with Gasteiger partial charge in [0.15, 0.2) is 0 Å². The lowest BCUT2D eigenvalue weighted by molar-refractivity contribution is 0.0729. The van der Waals surface area contributed by atoms with Gasteiger partial charge in [0.2, 0.25) is 0 Å². The van der Waals surface area contributed by atoms with Gasteiger partial charge in [-0.1, -0.05) is 24.3 Å². The number of aromatic nitrogens is 1. The second-order valence-electron chi connectivity index (χ2n) is 6.29. The molecule has 3 aromatic rings. The van der Waals surface area contributed by atoms with E-state index in [-0.39, 0.29) is 18.3 Å². The molecule has 5 heteroatoms. The third-order valence-electron chi connectivity index (χ3n) is 4.16. The fourth-order valence-electron chi connectivity index (χ4n) is 2.74. The highest BCUT2D eigenvalue weighted by Crippen LogP contribution is 2.15. The summed E-state index contributed by atoms with van der Waals surface area (Å²) in [4.78, 5) is 18.8. The lowest BCUT2D eigenvalue weighted by Crippen LogP contribution is -2.30. The Balaban J connectivity index is 1.88. The predicted octanol–water partition coefficient (Wildman–Crippen LogP) is 4.24. The molecule has 0 aliphatic carbocycles. The van der Waals surface area contributed by atoms with E-state index in [0.717, 1.165) is 11.3 Å². The number of benzene rings is 2. The molecule has 0 saturated heterocycles. The molecule has 1 aromatic heterocycles. The summed E-state index contributed by atoms with van der Waals surface area (Å²) >= 11 is 0. The molecular weight excluding hydrogens is 341 g/mol. The molecule has 27 heavy (non-hydrogen) atoms. The number of halogens is 1. The largest absolute Gasteiger partial charge is 0.330 e. The van der Waals surface area contributed by atoms with Crippen molar-refractivity contribution in [2.45, 2.75) is 20.0 Å². The average molecular weight is 359 g/mol. The van der Waals surface area contributed by atoms with Gasteiger partial charge in [-0.25, -0.2) is 4.39 Å². The maximum Gasteiger partial charge on any atom is 0.256 e. The molecule has 0 aliphatic heterocycles. The van der Waals surface area contributed by atoms with Crippen molar-refractivity contribution in [1.82, 2.24) is 9.88 Å². The van der Waals surface area contributed by atoms with E-state index in [1.165, 1.54) is 12.1 Å². The van der Waals surface area contributed by atoms with Crippen molar-refractivity contribution >= 4 is 5.91 Å². The van der Waals surface area contributed by atoms with Crippen molar-refractivity contribution in [3.63, 3.8) is 0 Å². The van der Waals surface area contributed by atoms with E-state index >= 15 is 0 Å². The third-order valence-corrected chi connectivity index (χ3v) is 4.16. The van der Waals surface area contributed by atoms with Crippen molar-refractivity contribution in [3.05, 3.63) is 101 Å². The number of hydrogen-bond acceptors (Lipinski definition) is 3. The molecule has 0 fully saturated rings. The minimum absolute atomic E-state index is 0.184. The first-order chi connectivity index (χ1) is 13.0. The number of amides is 1. The van der Waals surface area contributed by atoms with E-state index in [4.69, 9.17) is 5.26 Å². The normalized spacial score (nSPS) is 10.3. The SMILES string of the molecule is Cc1ccc(C(=O)N(Cc2ccc(C#N)cc2)Cc2cccc(F)c2)cn1. The number of rotatable bonds is 5. The number of nitriles is 1. The summed E-state index contributed by atoms with van der Waals surface area (Å²) in [5.41, 5.74) is 3.46. The molecule has 1 amide bonds. The summed E-state index contributed by atoms with van der Waals surface area (Å²) in [6.07, 6.45) is 1.55. The average Bonchev–Trinajstić information content (AvgIpc) is 2.68. The Morgan fingerprint density at radius 2 is 1.81 bits per heavy atom. The van der Waals surface area contributed by atoms with Gasteiger partial charge in [-0.15, -0.1) is 0 Å². The molecule has 0 N–H and O–H groups in total. The monoisotopic (exact) mass is 359 g/mol. The molecule has 4 nitrogen and oxygen atoms in total. The first-order valence-corrected chi connectivity index (χ1v) is 8.50. The van der Waals surface area contributed by atoms with Crippen LogP contribution in [0.25, 0.3) is 0 Å². The van der Waals surface area contributed by atoms with Crippen LogP contribution in [-0.2, 0) is 13.1 Å². The summed E-state index contributed by atoms with van der Waals surface area (Å²) in [5, 5.41) is 8.93. The summed E-state index contributed by atoms with van der Waals surface area (Å²) in [6, 6.07) is 18.9. The van der Waals surface area contributed by atoms with Crippen LogP contribution in [0, 0.1) is 24.1 Å². The maximum absolute atomic E-state index is 13.6. The Morgan fingerprint density at radius 3 is 2.44 bits per heavy atom. The standard InChI is InChI=1S/C22H18FN3O/c1-16-5-10-20(13-25-16)22(27)26(15-19-3-2-4-21(23)11-19)14-18-8-6-17(12-24)7-9-18/h2-11,13H,14-15H2,1H3. The first kappa shape index (κ1) is 18.3. The molecule has 0 radical (unpaired) electrons. The highest BCUT2D eigenvalue weighted by Gasteiger charge is 2.17. The molecule has 0 aliphatic rings. The molecule has 3 rings (SSSR count).